The minimum atomic E-state index is -0.979. The van der Waals surface area contributed by atoms with Crippen LogP contribution in [0.4, 0.5) is 0 Å². The third kappa shape index (κ3) is 4.32. The van der Waals surface area contributed by atoms with Crippen LogP contribution >= 0.6 is 0 Å². The molecule has 0 saturated carbocycles. The predicted octanol–water partition coefficient (Wildman–Crippen LogP) is 6.11. The van der Waals surface area contributed by atoms with Gasteiger partial charge in [-0.15, -0.1) is 0 Å². The Morgan fingerprint density at radius 2 is 1.47 bits per heavy atom. The fourth-order valence-electron chi connectivity index (χ4n) is 3.94. The lowest BCUT2D eigenvalue weighted by molar-refractivity contribution is -0.123. The first-order valence-electron chi connectivity index (χ1n) is 10.9. The van der Waals surface area contributed by atoms with Gasteiger partial charge in [-0.1, -0.05) is 72.8 Å². The Labute approximate surface area is 196 Å². The zero-order valence-electron chi connectivity index (χ0n) is 18.2. The second-order valence-corrected chi connectivity index (χ2v) is 7.96. The SMILES string of the molecule is O=C(O)c1ccc(CN2C(=O)/C(=C/c3ccc(-c4ccccc4)o3)C=C2c2ccccc2)cc1. The monoisotopic (exact) mass is 447 g/mol. The Hall–Kier alpha value is -4.64. The molecule has 0 saturated heterocycles. The van der Waals surface area contributed by atoms with E-state index in [9.17, 15) is 9.59 Å². The Morgan fingerprint density at radius 3 is 2.12 bits per heavy atom. The van der Waals surface area contributed by atoms with Crippen LogP contribution in [-0.4, -0.2) is 21.9 Å². The van der Waals surface area contributed by atoms with Gasteiger partial charge in [0, 0.05) is 11.1 Å². The van der Waals surface area contributed by atoms with Gasteiger partial charge in [0.2, 0.25) is 0 Å². The minimum Gasteiger partial charge on any atom is -0.478 e. The van der Waals surface area contributed by atoms with Crippen molar-refractivity contribution in [3.63, 3.8) is 0 Å². The molecule has 0 atom stereocenters. The number of carboxylic acid groups (broad SMARTS) is 1. The van der Waals surface area contributed by atoms with Crippen LogP contribution in [-0.2, 0) is 11.3 Å². The molecule has 1 aliphatic rings. The summed E-state index contributed by atoms with van der Waals surface area (Å²) in [7, 11) is 0. The van der Waals surface area contributed by atoms with E-state index in [4.69, 9.17) is 9.52 Å². The smallest absolute Gasteiger partial charge is 0.335 e. The first-order chi connectivity index (χ1) is 16.6. The standard InChI is InChI=1S/C29H21NO4/c31-28-24(17-25-15-16-27(34-25)22-9-5-2-6-10-22)18-26(21-7-3-1-4-8-21)30(28)19-20-11-13-23(14-12-20)29(32)33/h1-18H,19H2,(H,32,33)/b24-17+. The summed E-state index contributed by atoms with van der Waals surface area (Å²) in [5, 5.41) is 9.15. The molecule has 0 spiro atoms. The van der Waals surface area contributed by atoms with Crippen LogP contribution in [0.3, 0.4) is 0 Å². The number of carboxylic acids is 1. The van der Waals surface area contributed by atoms with Crippen LogP contribution in [0.1, 0.15) is 27.2 Å². The van der Waals surface area contributed by atoms with E-state index in [0.717, 1.165) is 28.1 Å². The highest BCUT2D eigenvalue weighted by atomic mass is 16.4. The highest BCUT2D eigenvalue weighted by molar-refractivity contribution is 6.10. The minimum absolute atomic E-state index is 0.140. The lowest BCUT2D eigenvalue weighted by Crippen LogP contribution is -2.25. The third-order valence-corrected chi connectivity index (χ3v) is 5.67. The van der Waals surface area contributed by atoms with Gasteiger partial charge in [0.25, 0.3) is 5.91 Å². The zero-order chi connectivity index (χ0) is 23.5. The van der Waals surface area contributed by atoms with E-state index < -0.39 is 5.97 Å². The Morgan fingerprint density at radius 1 is 0.824 bits per heavy atom. The van der Waals surface area contributed by atoms with Crippen molar-refractivity contribution in [2.45, 2.75) is 6.54 Å². The maximum Gasteiger partial charge on any atom is 0.335 e. The van der Waals surface area contributed by atoms with Gasteiger partial charge in [-0.05, 0) is 47.5 Å². The predicted molar refractivity (Wildman–Crippen MR) is 130 cm³/mol. The van der Waals surface area contributed by atoms with E-state index in [0.29, 0.717) is 17.9 Å². The Balaban J connectivity index is 1.47. The fourth-order valence-corrected chi connectivity index (χ4v) is 3.94. The third-order valence-electron chi connectivity index (χ3n) is 5.67. The van der Waals surface area contributed by atoms with Gasteiger partial charge >= 0.3 is 5.97 Å². The number of hydrogen-bond acceptors (Lipinski definition) is 3. The molecule has 2 heterocycles. The number of benzene rings is 3. The molecule has 1 aromatic heterocycles. The van der Waals surface area contributed by atoms with Crippen molar-refractivity contribution in [2.75, 3.05) is 0 Å². The van der Waals surface area contributed by atoms with Crippen molar-refractivity contribution >= 4 is 23.6 Å². The molecule has 3 aromatic carbocycles. The molecule has 5 rings (SSSR count). The molecule has 5 heteroatoms. The van der Waals surface area contributed by atoms with E-state index in [-0.39, 0.29) is 11.5 Å². The average molecular weight is 447 g/mol. The lowest BCUT2D eigenvalue weighted by atomic mass is 10.1. The molecule has 1 N–H and O–H groups in total. The number of furan rings is 1. The van der Waals surface area contributed by atoms with Crippen LogP contribution in [0.2, 0.25) is 0 Å². The number of rotatable bonds is 6. The van der Waals surface area contributed by atoms with Crippen molar-refractivity contribution in [2.24, 2.45) is 0 Å². The summed E-state index contributed by atoms with van der Waals surface area (Å²) in [5.41, 5.74) is 4.25. The number of nitrogens with zero attached hydrogens (tertiary/aromatic N) is 1. The molecule has 5 nitrogen and oxygen atoms in total. The van der Waals surface area contributed by atoms with E-state index in [1.165, 1.54) is 0 Å². The van der Waals surface area contributed by atoms with Crippen LogP contribution in [0.25, 0.3) is 23.1 Å². The van der Waals surface area contributed by atoms with Crippen LogP contribution < -0.4 is 0 Å². The Kier molecular flexibility index (Phi) is 5.67. The van der Waals surface area contributed by atoms with Crippen LogP contribution in [0, 0.1) is 0 Å². The molecule has 1 aliphatic heterocycles. The number of carbonyl (C=O) groups is 2. The number of hydrogen-bond donors (Lipinski definition) is 1. The molecule has 0 unspecified atom stereocenters. The van der Waals surface area contributed by atoms with E-state index in [1.54, 1.807) is 35.2 Å². The van der Waals surface area contributed by atoms with Crippen molar-refractivity contribution < 1.29 is 19.1 Å². The molecular weight excluding hydrogens is 426 g/mol. The lowest BCUT2D eigenvalue weighted by Gasteiger charge is -2.21. The van der Waals surface area contributed by atoms with Crippen molar-refractivity contribution in [1.29, 1.82) is 0 Å². The summed E-state index contributed by atoms with van der Waals surface area (Å²) in [4.78, 5) is 26.3. The van der Waals surface area contributed by atoms with Crippen LogP contribution in [0.5, 0.6) is 0 Å². The largest absolute Gasteiger partial charge is 0.478 e. The molecule has 1 amide bonds. The number of carbonyl (C=O) groups excluding carboxylic acids is 1. The summed E-state index contributed by atoms with van der Waals surface area (Å²) in [6.07, 6.45) is 3.62. The topological polar surface area (TPSA) is 70.8 Å². The molecule has 4 aromatic rings. The van der Waals surface area contributed by atoms with Gasteiger partial charge in [0.1, 0.15) is 11.5 Å². The van der Waals surface area contributed by atoms with E-state index >= 15 is 0 Å². The summed E-state index contributed by atoms with van der Waals surface area (Å²) < 4.78 is 5.98. The van der Waals surface area contributed by atoms with Gasteiger partial charge in [0.05, 0.1) is 17.8 Å². The highest BCUT2D eigenvalue weighted by Gasteiger charge is 2.29. The summed E-state index contributed by atoms with van der Waals surface area (Å²) in [6.45, 7) is 0.324. The second kappa shape index (κ2) is 9.08. The maximum atomic E-state index is 13.4. The van der Waals surface area contributed by atoms with Gasteiger partial charge in [0.15, 0.2) is 0 Å². The van der Waals surface area contributed by atoms with Crippen molar-refractivity contribution in [3.8, 4) is 11.3 Å². The molecule has 0 bridgehead atoms. The summed E-state index contributed by atoms with van der Waals surface area (Å²) in [5.74, 6) is 0.213. The molecule has 0 radical (unpaired) electrons. The summed E-state index contributed by atoms with van der Waals surface area (Å²) >= 11 is 0. The number of aromatic carboxylic acids is 1. The van der Waals surface area contributed by atoms with Crippen molar-refractivity contribution in [3.05, 3.63) is 131 Å². The molecule has 0 fully saturated rings. The van der Waals surface area contributed by atoms with E-state index in [1.807, 2.05) is 78.9 Å². The van der Waals surface area contributed by atoms with Gasteiger partial charge < -0.3 is 14.4 Å². The van der Waals surface area contributed by atoms with Gasteiger partial charge in [-0.3, -0.25) is 4.79 Å². The molecular formula is C29H21NO4. The zero-order valence-corrected chi connectivity index (χ0v) is 18.2. The maximum absolute atomic E-state index is 13.4. The number of amides is 1. The average Bonchev–Trinajstić information content (AvgIpc) is 3.46. The van der Waals surface area contributed by atoms with E-state index in [2.05, 4.69) is 0 Å². The van der Waals surface area contributed by atoms with Crippen LogP contribution in [0.15, 0.2) is 113 Å². The first-order valence-corrected chi connectivity index (χ1v) is 10.9. The quantitative estimate of drug-likeness (QED) is 0.362. The molecule has 34 heavy (non-hydrogen) atoms. The normalized spacial score (nSPS) is 14.5. The molecule has 166 valence electrons. The van der Waals surface area contributed by atoms with Gasteiger partial charge in [-0.2, -0.15) is 0 Å². The Bertz CT molecular complexity index is 1400. The van der Waals surface area contributed by atoms with Crippen molar-refractivity contribution in [1.82, 2.24) is 4.90 Å². The fraction of sp³-hybridized carbons (Fsp3) is 0.0345. The first kappa shape index (κ1) is 21.2. The summed E-state index contributed by atoms with van der Waals surface area (Å²) in [6, 6.07) is 29.8. The molecule has 0 aliphatic carbocycles. The second-order valence-electron chi connectivity index (χ2n) is 7.96. The highest BCUT2D eigenvalue weighted by Crippen LogP contribution is 2.33. The van der Waals surface area contributed by atoms with Gasteiger partial charge in [-0.25, -0.2) is 4.79 Å².